The summed E-state index contributed by atoms with van der Waals surface area (Å²) < 4.78 is 0. The molecule has 2 aliphatic rings. The van der Waals surface area contributed by atoms with Gasteiger partial charge in [0.05, 0.1) is 5.60 Å². The standard InChI is InChI=1S/C14H28N2O/c1-12(2)16-9-4-7-14(17,8-10-16)13(11-15)5-3-6-13/h12,17H,3-11,15H2,1-2H3. The van der Waals surface area contributed by atoms with Gasteiger partial charge < -0.3 is 15.7 Å². The highest BCUT2D eigenvalue weighted by Gasteiger charge is 2.52. The van der Waals surface area contributed by atoms with Crippen LogP contribution in [0.25, 0.3) is 0 Å². The fraction of sp³-hybridized carbons (Fsp3) is 1.00. The summed E-state index contributed by atoms with van der Waals surface area (Å²) in [6, 6.07) is 0.590. The SMILES string of the molecule is CC(C)N1CCCC(O)(C2(CN)CCC2)CC1. The third-order valence-electron chi connectivity index (χ3n) is 5.27. The van der Waals surface area contributed by atoms with Gasteiger partial charge in [-0.3, -0.25) is 0 Å². The number of likely N-dealkylation sites (tertiary alicyclic amines) is 1. The smallest absolute Gasteiger partial charge is 0.0728 e. The first-order chi connectivity index (χ1) is 8.03. The van der Waals surface area contributed by atoms with Crippen LogP contribution in [-0.4, -0.2) is 41.3 Å². The summed E-state index contributed by atoms with van der Waals surface area (Å²) >= 11 is 0. The van der Waals surface area contributed by atoms with Crippen molar-refractivity contribution in [2.45, 2.75) is 64.0 Å². The maximum Gasteiger partial charge on any atom is 0.0728 e. The molecule has 0 aromatic rings. The summed E-state index contributed by atoms with van der Waals surface area (Å²) in [5, 5.41) is 11.0. The van der Waals surface area contributed by atoms with Crippen molar-refractivity contribution in [3.63, 3.8) is 0 Å². The van der Waals surface area contributed by atoms with Crippen LogP contribution in [0, 0.1) is 5.41 Å². The monoisotopic (exact) mass is 240 g/mol. The zero-order valence-electron chi connectivity index (χ0n) is 11.4. The van der Waals surface area contributed by atoms with Gasteiger partial charge in [0.15, 0.2) is 0 Å². The molecule has 1 aliphatic heterocycles. The van der Waals surface area contributed by atoms with Crippen LogP contribution in [0.3, 0.4) is 0 Å². The van der Waals surface area contributed by atoms with Crippen LogP contribution < -0.4 is 5.73 Å². The van der Waals surface area contributed by atoms with E-state index >= 15 is 0 Å². The normalized spacial score (nSPS) is 34.4. The van der Waals surface area contributed by atoms with E-state index in [-0.39, 0.29) is 5.41 Å². The largest absolute Gasteiger partial charge is 0.389 e. The zero-order chi connectivity index (χ0) is 12.5. The Hall–Kier alpha value is -0.120. The lowest BCUT2D eigenvalue weighted by molar-refractivity contribution is -0.130. The first kappa shape index (κ1) is 13.3. The van der Waals surface area contributed by atoms with Crippen molar-refractivity contribution in [1.82, 2.24) is 4.90 Å². The molecule has 2 fully saturated rings. The Morgan fingerprint density at radius 3 is 2.29 bits per heavy atom. The van der Waals surface area contributed by atoms with E-state index in [0.29, 0.717) is 12.6 Å². The minimum Gasteiger partial charge on any atom is -0.389 e. The number of rotatable bonds is 3. The fourth-order valence-corrected chi connectivity index (χ4v) is 3.65. The van der Waals surface area contributed by atoms with Crippen LogP contribution >= 0.6 is 0 Å². The Kier molecular flexibility index (Phi) is 3.81. The van der Waals surface area contributed by atoms with Gasteiger partial charge in [-0.05, 0) is 52.5 Å². The van der Waals surface area contributed by atoms with E-state index in [1.54, 1.807) is 0 Å². The molecule has 17 heavy (non-hydrogen) atoms. The third kappa shape index (κ3) is 2.25. The van der Waals surface area contributed by atoms with Gasteiger partial charge in [-0.15, -0.1) is 0 Å². The highest BCUT2D eigenvalue weighted by atomic mass is 16.3. The molecular weight excluding hydrogens is 212 g/mol. The van der Waals surface area contributed by atoms with Gasteiger partial charge in [-0.2, -0.15) is 0 Å². The van der Waals surface area contributed by atoms with Crippen molar-refractivity contribution in [3.05, 3.63) is 0 Å². The van der Waals surface area contributed by atoms with Gasteiger partial charge in [0.2, 0.25) is 0 Å². The molecule has 0 radical (unpaired) electrons. The van der Waals surface area contributed by atoms with Gasteiger partial charge in [0.1, 0.15) is 0 Å². The van der Waals surface area contributed by atoms with Crippen molar-refractivity contribution in [2.24, 2.45) is 11.1 Å². The van der Waals surface area contributed by atoms with E-state index in [9.17, 15) is 5.11 Å². The van der Waals surface area contributed by atoms with E-state index in [1.807, 2.05) is 0 Å². The average molecular weight is 240 g/mol. The Balaban J connectivity index is 2.06. The molecular formula is C14H28N2O. The maximum atomic E-state index is 11.0. The van der Waals surface area contributed by atoms with Crippen molar-refractivity contribution >= 4 is 0 Å². The molecule has 1 saturated carbocycles. The summed E-state index contributed by atoms with van der Waals surface area (Å²) in [6.45, 7) is 7.29. The summed E-state index contributed by atoms with van der Waals surface area (Å²) in [4.78, 5) is 2.49. The highest BCUT2D eigenvalue weighted by molar-refractivity contribution is 5.05. The molecule has 3 nitrogen and oxygen atoms in total. The lowest BCUT2D eigenvalue weighted by Gasteiger charge is -2.53. The molecule has 0 aromatic heterocycles. The summed E-state index contributed by atoms with van der Waals surface area (Å²) in [5.74, 6) is 0. The van der Waals surface area contributed by atoms with E-state index in [0.717, 1.165) is 45.2 Å². The van der Waals surface area contributed by atoms with Crippen molar-refractivity contribution in [2.75, 3.05) is 19.6 Å². The Morgan fingerprint density at radius 2 is 1.82 bits per heavy atom. The summed E-state index contributed by atoms with van der Waals surface area (Å²) in [7, 11) is 0. The molecule has 1 saturated heterocycles. The number of hydrogen-bond acceptors (Lipinski definition) is 3. The molecule has 1 atom stereocenters. The fourth-order valence-electron chi connectivity index (χ4n) is 3.65. The number of hydrogen-bond donors (Lipinski definition) is 2. The Bertz CT molecular complexity index is 257. The molecule has 100 valence electrons. The van der Waals surface area contributed by atoms with E-state index in [2.05, 4.69) is 18.7 Å². The molecule has 0 amide bonds. The molecule has 0 aromatic carbocycles. The van der Waals surface area contributed by atoms with Crippen LogP contribution in [0.1, 0.15) is 52.4 Å². The van der Waals surface area contributed by atoms with Gasteiger partial charge in [0, 0.05) is 24.5 Å². The second-order valence-corrected chi connectivity index (χ2v) is 6.35. The first-order valence-corrected chi connectivity index (χ1v) is 7.19. The molecule has 0 bridgehead atoms. The van der Waals surface area contributed by atoms with Crippen molar-refractivity contribution in [3.8, 4) is 0 Å². The second kappa shape index (κ2) is 4.87. The van der Waals surface area contributed by atoms with Crippen LogP contribution in [-0.2, 0) is 0 Å². The van der Waals surface area contributed by atoms with E-state index in [4.69, 9.17) is 5.73 Å². The predicted octanol–water partition coefficient (Wildman–Crippen LogP) is 1.74. The lowest BCUT2D eigenvalue weighted by Crippen LogP contribution is -2.57. The minimum absolute atomic E-state index is 0.0417. The molecule has 3 heteroatoms. The summed E-state index contributed by atoms with van der Waals surface area (Å²) in [5.41, 5.74) is 5.50. The first-order valence-electron chi connectivity index (χ1n) is 7.19. The summed E-state index contributed by atoms with van der Waals surface area (Å²) in [6.07, 6.45) is 6.45. The molecule has 1 aliphatic carbocycles. The van der Waals surface area contributed by atoms with E-state index in [1.165, 1.54) is 6.42 Å². The van der Waals surface area contributed by atoms with Crippen molar-refractivity contribution in [1.29, 1.82) is 0 Å². The lowest BCUT2D eigenvalue weighted by atomic mass is 9.56. The number of aliphatic hydroxyl groups is 1. The topological polar surface area (TPSA) is 49.5 Å². The van der Waals surface area contributed by atoms with Crippen LogP contribution in [0.5, 0.6) is 0 Å². The number of nitrogens with two attached hydrogens (primary N) is 1. The van der Waals surface area contributed by atoms with Gasteiger partial charge in [0.25, 0.3) is 0 Å². The highest BCUT2D eigenvalue weighted by Crippen LogP contribution is 2.52. The molecule has 1 heterocycles. The van der Waals surface area contributed by atoms with Crippen LogP contribution in [0.15, 0.2) is 0 Å². The maximum absolute atomic E-state index is 11.0. The number of nitrogens with zero attached hydrogens (tertiary/aromatic N) is 1. The molecule has 0 spiro atoms. The second-order valence-electron chi connectivity index (χ2n) is 6.35. The Labute approximate surface area is 105 Å². The van der Waals surface area contributed by atoms with Crippen molar-refractivity contribution < 1.29 is 5.11 Å². The molecule has 2 rings (SSSR count). The Morgan fingerprint density at radius 1 is 1.12 bits per heavy atom. The zero-order valence-corrected chi connectivity index (χ0v) is 11.4. The third-order valence-corrected chi connectivity index (χ3v) is 5.27. The van der Waals surface area contributed by atoms with E-state index < -0.39 is 5.60 Å². The molecule has 1 unspecified atom stereocenters. The molecule has 3 N–H and O–H groups in total. The van der Waals surface area contributed by atoms with Gasteiger partial charge in [-0.25, -0.2) is 0 Å². The van der Waals surface area contributed by atoms with Crippen LogP contribution in [0.2, 0.25) is 0 Å². The van der Waals surface area contributed by atoms with Gasteiger partial charge in [-0.1, -0.05) is 6.42 Å². The quantitative estimate of drug-likeness (QED) is 0.790. The minimum atomic E-state index is -0.496. The van der Waals surface area contributed by atoms with Crippen LogP contribution in [0.4, 0.5) is 0 Å². The predicted molar refractivity (Wildman–Crippen MR) is 70.8 cm³/mol. The average Bonchev–Trinajstić information content (AvgIpc) is 2.40. The van der Waals surface area contributed by atoms with Gasteiger partial charge >= 0.3 is 0 Å².